The number of carbonyl (C=O) groups is 2. The van der Waals surface area contributed by atoms with Crippen LogP contribution in [-0.2, 0) is 6.54 Å². The van der Waals surface area contributed by atoms with Crippen molar-refractivity contribution in [2.24, 2.45) is 5.73 Å². The van der Waals surface area contributed by atoms with Crippen molar-refractivity contribution in [3.05, 3.63) is 54.0 Å². The molecule has 0 fully saturated rings. The highest BCUT2D eigenvalue weighted by molar-refractivity contribution is 5.91. The predicted molar refractivity (Wildman–Crippen MR) is 69.5 cm³/mol. The van der Waals surface area contributed by atoms with E-state index in [1.54, 1.807) is 36.4 Å². The van der Waals surface area contributed by atoms with Crippen LogP contribution in [0.4, 0.5) is 10.5 Å². The molecule has 98 valence electrons. The molecule has 0 spiro atoms. The quantitative estimate of drug-likeness (QED) is 0.779. The zero-order valence-corrected chi connectivity index (χ0v) is 10.1. The van der Waals surface area contributed by atoms with Crippen molar-refractivity contribution in [3.63, 3.8) is 0 Å². The first-order valence-corrected chi connectivity index (χ1v) is 5.62. The molecule has 6 heteroatoms. The molecule has 0 aliphatic carbocycles. The van der Waals surface area contributed by atoms with Crippen molar-refractivity contribution in [1.82, 2.24) is 5.32 Å². The van der Waals surface area contributed by atoms with Crippen LogP contribution in [0, 0.1) is 0 Å². The van der Waals surface area contributed by atoms with Crippen molar-refractivity contribution in [1.29, 1.82) is 0 Å². The Morgan fingerprint density at radius 2 is 1.89 bits per heavy atom. The molecule has 1 aromatic heterocycles. The van der Waals surface area contributed by atoms with Gasteiger partial charge in [-0.25, -0.2) is 4.79 Å². The lowest BCUT2D eigenvalue weighted by Gasteiger charge is -2.05. The topological polar surface area (TPSA) is 97.4 Å². The largest absolute Gasteiger partial charge is 0.459 e. The van der Waals surface area contributed by atoms with Crippen LogP contribution in [0.3, 0.4) is 0 Å². The summed E-state index contributed by atoms with van der Waals surface area (Å²) in [5, 5.41) is 5.17. The Balaban J connectivity index is 1.89. The van der Waals surface area contributed by atoms with Gasteiger partial charge < -0.3 is 20.8 Å². The number of primary amides is 1. The molecule has 3 amide bonds. The Bertz CT molecular complexity index is 561. The third-order valence-corrected chi connectivity index (χ3v) is 2.42. The summed E-state index contributed by atoms with van der Waals surface area (Å²) in [7, 11) is 0. The molecule has 0 saturated carbocycles. The van der Waals surface area contributed by atoms with E-state index in [1.807, 2.05) is 0 Å². The highest BCUT2D eigenvalue weighted by Crippen LogP contribution is 2.09. The van der Waals surface area contributed by atoms with E-state index in [2.05, 4.69) is 10.6 Å². The SMILES string of the molecule is NC(=O)Nc1ccc(CNC(=O)c2ccco2)cc1. The summed E-state index contributed by atoms with van der Waals surface area (Å²) in [6, 6.07) is 9.62. The van der Waals surface area contributed by atoms with E-state index in [0.717, 1.165) is 5.56 Å². The molecular formula is C13H13N3O3. The molecule has 0 radical (unpaired) electrons. The van der Waals surface area contributed by atoms with E-state index in [-0.39, 0.29) is 11.7 Å². The Hall–Kier alpha value is -2.76. The summed E-state index contributed by atoms with van der Waals surface area (Å²) in [6.07, 6.45) is 1.44. The lowest BCUT2D eigenvalue weighted by Crippen LogP contribution is -2.22. The number of nitrogens with one attached hydrogen (secondary N) is 2. The van der Waals surface area contributed by atoms with E-state index < -0.39 is 6.03 Å². The maximum atomic E-state index is 11.6. The molecular weight excluding hydrogens is 246 g/mol. The second kappa shape index (κ2) is 5.72. The standard InChI is InChI=1S/C13H13N3O3/c14-13(18)16-10-5-3-9(4-6-10)8-15-12(17)11-2-1-7-19-11/h1-7H,8H2,(H,15,17)(H3,14,16,18). The Labute approximate surface area is 109 Å². The van der Waals surface area contributed by atoms with E-state index in [4.69, 9.17) is 10.2 Å². The highest BCUT2D eigenvalue weighted by atomic mass is 16.3. The van der Waals surface area contributed by atoms with Crippen LogP contribution in [0.25, 0.3) is 0 Å². The minimum atomic E-state index is -0.612. The average Bonchev–Trinajstić information content (AvgIpc) is 2.91. The van der Waals surface area contributed by atoms with Crippen LogP contribution in [0.5, 0.6) is 0 Å². The molecule has 0 saturated heterocycles. The number of furan rings is 1. The maximum absolute atomic E-state index is 11.6. The van der Waals surface area contributed by atoms with Crippen molar-refractivity contribution >= 4 is 17.6 Å². The van der Waals surface area contributed by atoms with Crippen molar-refractivity contribution in [2.45, 2.75) is 6.54 Å². The molecule has 4 N–H and O–H groups in total. The second-order valence-corrected chi connectivity index (χ2v) is 3.85. The Morgan fingerprint density at radius 1 is 1.16 bits per heavy atom. The smallest absolute Gasteiger partial charge is 0.316 e. The first-order chi connectivity index (χ1) is 9.15. The number of hydrogen-bond donors (Lipinski definition) is 3. The molecule has 0 aliphatic rings. The molecule has 0 unspecified atom stereocenters. The van der Waals surface area contributed by atoms with Gasteiger partial charge in [-0.05, 0) is 29.8 Å². The zero-order chi connectivity index (χ0) is 13.7. The van der Waals surface area contributed by atoms with Gasteiger partial charge in [0.05, 0.1) is 6.26 Å². The normalized spacial score (nSPS) is 9.89. The lowest BCUT2D eigenvalue weighted by molar-refractivity contribution is 0.0923. The van der Waals surface area contributed by atoms with Crippen LogP contribution in [0.2, 0.25) is 0 Å². The molecule has 0 bridgehead atoms. The third kappa shape index (κ3) is 3.60. The van der Waals surface area contributed by atoms with E-state index in [9.17, 15) is 9.59 Å². The van der Waals surface area contributed by atoms with E-state index in [0.29, 0.717) is 12.2 Å². The van der Waals surface area contributed by atoms with Gasteiger partial charge in [-0.2, -0.15) is 0 Å². The van der Waals surface area contributed by atoms with Gasteiger partial charge >= 0.3 is 6.03 Å². The summed E-state index contributed by atoms with van der Waals surface area (Å²) in [5.41, 5.74) is 6.50. The number of hydrogen-bond acceptors (Lipinski definition) is 3. The van der Waals surface area contributed by atoms with Crippen LogP contribution in [0.1, 0.15) is 16.1 Å². The molecule has 19 heavy (non-hydrogen) atoms. The maximum Gasteiger partial charge on any atom is 0.316 e. The number of rotatable bonds is 4. The Morgan fingerprint density at radius 3 is 2.47 bits per heavy atom. The van der Waals surface area contributed by atoms with Gasteiger partial charge in [0.1, 0.15) is 0 Å². The monoisotopic (exact) mass is 259 g/mol. The number of carbonyl (C=O) groups excluding carboxylic acids is 2. The fourth-order valence-electron chi connectivity index (χ4n) is 1.53. The van der Waals surface area contributed by atoms with E-state index in [1.165, 1.54) is 6.26 Å². The van der Waals surface area contributed by atoms with Crippen LogP contribution >= 0.6 is 0 Å². The molecule has 1 heterocycles. The van der Waals surface area contributed by atoms with Gasteiger partial charge in [-0.15, -0.1) is 0 Å². The molecule has 0 atom stereocenters. The van der Waals surface area contributed by atoms with Gasteiger partial charge in [0.2, 0.25) is 0 Å². The van der Waals surface area contributed by atoms with Crippen molar-refractivity contribution < 1.29 is 14.0 Å². The third-order valence-electron chi connectivity index (χ3n) is 2.42. The molecule has 0 aliphatic heterocycles. The number of urea groups is 1. The molecule has 2 aromatic rings. The summed E-state index contributed by atoms with van der Waals surface area (Å²) in [6.45, 7) is 0.371. The zero-order valence-electron chi connectivity index (χ0n) is 10.1. The minimum Gasteiger partial charge on any atom is -0.459 e. The van der Waals surface area contributed by atoms with E-state index >= 15 is 0 Å². The summed E-state index contributed by atoms with van der Waals surface area (Å²) < 4.78 is 4.97. The number of nitrogens with two attached hydrogens (primary N) is 1. The molecule has 1 aromatic carbocycles. The minimum absolute atomic E-state index is 0.270. The van der Waals surface area contributed by atoms with Crippen LogP contribution in [0.15, 0.2) is 47.1 Å². The Kier molecular flexibility index (Phi) is 3.82. The highest BCUT2D eigenvalue weighted by Gasteiger charge is 2.07. The number of amides is 3. The van der Waals surface area contributed by atoms with Crippen LogP contribution in [-0.4, -0.2) is 11.9 Å². The van der Waals surface area contributed by atoms with Gasteiger partial charge in [0.15, 0.2) is 5.76 Å². The lowest BCUT2D eigenvalue weighted by atomic mass is 10.2. The number of anilines is 1. The average molecular weight is 259 g/mol. The summed E-state index contributed by atoms with van der Waals surface area (Å²) >= 11 is 0. The van der Waals surface area contributed by atoms with Crippen molar-refractivity contribution in [2.75, 3.05) is 5.32 Å². The molecule has 2 rings (SSSR count). The van der Waals surface area contributed by atoms with Gasteiger partial charge in [0, 0.05) is 12.2 Å². The predicted octanol–water partition coefficient (Wildman–Crippen LogP) is 1.70. The summed E-state index contributed by atoms with van der Waals surface area (Å²) in [5.74, 6) is -0.00338. The second-order valence-electron chi connectivity index (χ2n) is 3.85. The first-order valence-electron chi connectivity index (χ1n) is 5.62. The van der Waals surface area contributed by atoms with Gasteiger partial charge in [-0.3, -0.25) is 4.79 Å². The summed E-state index contributed by atoms with van der Waals surface area (Å²) in [4.78, 5) is 22.3. The van der Waals surface area contributed by atoms with Crippen LogP contribution < -0.4 is 16.4 Å². The van der Waals surface area contributed by atoms with Gasteiger partial charge in [-0.1, -0.05) is 12.1 Å². The van der Waals surface area contributed by atoms with Crippen molar-refractivity contribution in [3.8, 4) is 0 Å². The fraction of sp³-hybridized carbons (Fsp3) is 0.0769. The first kappa shape index (κ1) is 12.7. The fourth-order valence-corrected chi connectivity index (χ4v) is 1.53. The number of benzene rings is 1. The van der Waals surface area contributed by atoms with Gasteiger partial charge in [0.25, 0.3) is 5.91 Å². The molecule has 6 nitrogen and oxygen atoms in total.